The number of ether oxygens (including phenoxy) is 1. The summed E-state index contributed by atoms with van der Waals surface area (Å²) in [4.78, 5) is 3.32. The molecular weight excluding hydrogens is 288 g/mol. The van der Waals surface area contributed by atoms with Gasteiger partial charge in [0.2, 0.25) is 0 Å². The van der Waals surface area contributed by atoms with E-state index < -0.39 is 0 Å². The number of benzene rings is 1. The molecule has 0 radical (unpaired) electrons. The molecule has 108 valence electrons. The van der Waals surface area contributed by atoms with Crippen molar-refractivity contribution in [1.82, 2.24) is 9.55 Å². The fourth-order valence-corrected chi connectivity index (χ4v) is 4.68. The molecule has 3 nitrogen and oxygen atoms in total. The van der Waals surface area contributed by atoms with Gasteiger partial charge in [0.1, 0.15) is 11.3 Å². The van der Waals surface area contributed by atoms with Gasteiger partial charge in [0.15, 0.2) is 4.77 Å². The van der Waals surface area contributed by atoms with Crippen LogP contribution in [0.2, 0.25) is 0 Å². The van der Waals surface area contributed by atoms with Crippen LogP contribution >= 0.6 is 24.0 Å². The summed E-state index contributed by atoms with van der Waals surface area (Å²) in [6, 6.07) is 6.66. The van der Waals surface area contributed by atoms with Gasteiger partial charge in [-0.2, -0.15) is 11.8 Å². The number of methoxy groups -OCH3 is 1. The van der Waals surface area contributed by atoms with Crippen LogP contribution in [0.15, 0.2) is 18.2 Å². The minimum Gasteiger partial charge on any atom is -0.494 e. The van der Waals surface area contributed by atoms with Crippen molar-refractivity contribution in [1.29, 1.82) is 0 Å². The molecule has 0 bridgehead atoms. The quantitative estimate of drug-likeness (QED) is 0.840. The van der Waals surface area contributed by atoms with Gasteiger partial charge in [0.05, 0.1) is 12.6 Å². The molecular formula is C15H20N2OS2. The van der Waals surface area contributed by atoms with Gasteiger partial charge in [-0.05, 0) is 49.4 Å². The molecule has 0 amide bonds. The lowest BCUT2D eigenvalue weighted by atomic mass is 10.2. The first-order valence-electron chi connectivity index (χ1n) is 7.13. The summed E-state index contributed by atoms with van der Waals surface area (Å²) in [5.41, 5.74) is 2.19. The highest BCUT2D eigenvalue weighted by molar-refractivity contribution is 7.99. The highest BCUT2D eigenvalue weighted by Crippen LogP contribution is 2.39. The molecule has 1 aromatic carbocycles. The van der Waals surface area contributed by atoms with E-state index in [9.17, 15) is 0 Å². The van der Waals surface area contributed by atoms with Crippen LogP contribution in [-0.2, 0) is 0 Å². The molecule has 1 saturated carbocycles. The molecule has 1 aliphatic rings. The number of nitrogens with zero attached hydrogens (tertiary/aromatic N) is 1. The van der Waals surface area contributed by atoms with Crippen molar-refractivity contribution in [2.45, 2.75) is 37.5 Å². The van der Waals surface area contributed by atoms with Gasteiger partial charge < -0.3 is 14.3 Å². The van der Waals surface area contributed by atoms with E-state index in [4.69, 9.17) is 17.0 Å². The van der Waals surface area contributed by atoms with Crippen LogP contribution in [0.3, 0.4) is 0 Å². The molecule has 2 unspecified atom stereocenters. The molecule has 2 aromatic rings. The van der Waals surface area contributed by atoms with Crippen LogP contribution in [0.1, 0.15) is 32.2 Å². The molecule has 0 spiro atoms. The van der Waals surface area contributed by atoms with Crippen molar-refractivity contribution in [2.75, 3.05) is 12.9 Å². The maximum absolute atomic E-state index is 5.55. The Labute approximate surface area is 128 Å². The normalized spacial score (nSPS) is 22.5. The average molecular weight is 308 g/mol. The Balaban J connectivity index is 2.00. The Morgan fingerprint density at radius 1 is 1.45 bits per heavy atom. The van der Waals surface area contributed by atoms with Crippen molar-refractivity contribution in [3.63, 3.8) is 0 Å². The largest absolute Gasteiger partial charge is 0.494 e. The van der Waals surface area contributed by atoms with Crippen molar-refractivity contribution in [3.05, 3.63) is 23.0 Å². The molecule has 1 aliphatic carbocycles. The monoisotopic (exact) mass is 308 g/mol. The molecule has 1 fully saturated rings. The van der Waals surface area contributed by atoms with E-state index in [0.717, 1.165) is 21.3 Å². The second kappa shape index (κ2) is 5.82. The molecule has 20 heavy (non-hydrogen) atoms. The molecule has 2 atom stereocenters. The summed E-state index contributed by atoms with van der Waals surface area (Å²) >= 11 is 7.62. The molecule has 1 N–H and O–H groups in total. The number of hydrogen-bond acceptors (Lipinski definition) is 3. The zero-order valence-electron chi connectivity index (χ0n) is 11.9. The standard InChI is InChI=1S/C15H20N2OS2/c1-3-20-11-8-7-10(9-11)17-12-5-4-6-13(18-2)14(12)16-15(17)19/h4-6,10-11H,3,7-9H2,1-2H3,(H,16,19). The van der Waals surface area contributed by atoms with Gasteiger partial charge in [-0.25, -0.2) is 0 Å². The van der Waals surface area contributed by atoms with Gasteiger partial charge in [-0.1, -0.05) is 13.0 Å². The predicted molar refractivity (Wildman–Crippen MR) is 88.5 cm³/mol. The van der Waals surface area contributed by atoms with Crippen LogP contribution in [-0.4, -0.2) is 27.7 Å². The summed E-state index contributed by atoms with van der Waals surface area (Å²) in [6.07, 6.45) is 3.73. The second-order valence-corrected chi connectivity index (χ2v) is 7.16. The average Bonchev–Trinajstić information content (AvgIpc) is 3.01. The number of imidazole rings is 1. The Kier molecular flexibility index (Phi) is 4.08. The van der Waals surface area contributed by atoms with E-state index in [0.29, 0.717) is 6.04 Å². The fraction of sp³-hybridized carbons (Fsp3) is 0.533. The topological polar surface area (TPSA) is 29.9 Å². The highest BCUT2D eigenvalue weighted by Gasteiger charge is 2.27. The zero-order valence-corrected chi connectivity index (χ0v) is 13.5. The van der Waals surface area contributed by atoms with Gasteiger partial charge in [0.25, 0.3) is 0 Å². The van der Waals surface area contributed by atoms with Crippen molar-refractivity contribution in [2.24, 2.45) is 0 Å². The number of hydrogen-bond donors (Lipinski definition) is 1. The predicted octanol–water partition coefficient (Wildman–Crippen LogP) is 4.55. The SMILES string of the molecule is CCSC1CCC(n2c(=S)[nH]c3c(OC)cccc32)C1. The third-order valence-electron chi connectivity index (χ3n) is 4.06. The summed E-state index contributed by atoms with van der Waals surface area (Å²) in [6.45, 7) is 2.24. The molecule has 5 heteroatoms. The number of H-pyrrole nitrogens is 1. The van der Waals surface area contributed by atoms with Crippen molar-refractivity contribution < 1.29 is 4.74 Å². The smallest absolute Gasteiger partial charge is 0.178 e. The van der Waals surface area contributed by atoms with E-state index in [2.05, 4.69) is 34.3 Å². The molecule has 0 aliphatic heterocycles. The van der Waals surface area contributed by atoms with Gasteiger partial charge in [0, 0.05) is 11.3 Å². The third-order valence-corrected chi connectivity index (χ3v) is 5.59. The van der Waals surface area contributed by atoms with E-state index in [-0.39, 0.29) is 0 Å². The van der Waals surface area contributed by atoms with Gasteiger partial charge >= 0.3 is 0 Å². The first-order chi connectivity index (χ1) is 9.74. The number of para-hydroxylation sites is 1. The maximum Gasteiger partial charge on any atom is 0.178 e. The summed E-state index contributed by atoms with van der Waals surface area (Å²) in [7, 11) is 1.70. The number of aromatic amines is 1. The number of thioether (sulfide) groups is 1. The van der Waals surface area contributed by atoms with Crippen LogP contribution in [0, 0.1) is 4.77 Å². The highest BCUT2D eigenvalue weighted by atomic mass is 32.2. The van der Waals surface area contributed by atoms with E-state index in [1.54, 1.807) is 7.11 Å². The Bertz CT molecular complexity index is 661. The molecule has 3 rings (SSSR count). The lowest BCUT2D eigenvalue weighted by Crippen LogP contribution is -2.06. The Morgan fingerprint density at radius 2 is 2.30 bits per heavy atom. The summed E-state index contributed by atoms with van der Waals surface area (Å²) < 4.78 is 8.53. The van der Waals surface area contributed by atoms with E-state index >= 15 is 0 Å². The number of fused-ring (bicyclic) bond motifs is 1. The molecule has 1 heterocycles. The number of nitrogens with one attached hydrogen (secondary N) is 1. The van der Waals surface area contributed by atoms with Crippen LogP contribution < -0.4 is 4.74 Å². The second-order valence-electron chi connectivity index (χ2n) is 5.20. The Morgan fingerprint density at radius 3 is 3.05 bits per heavy atom. The van der Waals surface area contributed by atoms with Crippen molar-refractivity contribution in [3.8, 4) is 5.75 Å². The lowest BCUT2D eigenvalue weighted by molar-refractivity contribution is 0.419. The van der Waals surface area contributed by atoms with Crippen molar-refractivity contribution >= 4 is 35.0 Å². The Hall–Kier alpha value is -0.940. The minimum atomic E-state index is 0.521. The fourth-order valence-electron chi connectivity index (χ4n) is 3.19. The van der Waals surface area contributed by atoms with E-state index in [1.807, 2.05) is 12.1 Å². The molecule has 0 saturated heterocycles. The zero-order chi connectivity index (χ0) is 14.1. The number of aromatic nitrogens is 2. The first-order valence-corrected chi connectivity index (χ1v) is 8.59. The van der Waals surface area contributed by atoms with Crippen LogP contribution in [0.4, 0.5) is 0 Å². The summed E-state index contributed by atoms with van der Waals surface area (Å²) in [5.74, 6) is 2.06. The minimum absolute atomic E-state index is 0.521. The number of rotatable bonds is 4. The maximum atomic E-state index is 5.55. The van der Waals surface area contributed by atoms with Gasteiger partial charge in [-0.15, -0.1) is 0 Å². The van der Waals surface area contributed by atoms with Gasteiger partial charge in [-0.3, -0.25) is 0 Å². The van der Waals surface area contributed by atoms with E-state index in [1.165, 1.54) is 30.5 Å². The molecule has 1 aromatic heterocycles. The van der Waals surface area contributed by atoms with Crippen LogP contribution in [0.5, 0.6) is 5.75 Å². The third kappa shape index (κ3) is 2.37. The van der Waals surface area contributed by atoms with Crippen LogP contribution in [0.25, 0.3) is 11.0 Å². The lowest BCUT2D eigenvalue weighted by Gasteiger charge is -2.14. The first kappa shape index (κ1) is 14.0. The summed E-state index contributed by atoms with van der Waals surface area (Å²) in [5, 5.41) is 0.780.